The fourth-order valence-corrected chi connectivity index (χ4v) is 2.40. The summed E-state index contributed by atoms with van der Waals surface area (Å²) in [4.78, 5) is 13.9. The first kappa shape index (κ1) is 15.4. The van der Waals surface area contributed by atoms with Gasteiger partial charge in [0.15, 0.2) is 0 Å². The van der Waals surface area contributed by atoms with E-state index in [0.29, 0.717) is 31.8 Å². The molecule has 0 saturated heterocycles. The molecule has 1 rings (SSSR count). The normalized spacial score (nSPS) is 24.2. The van der Waals surface area contributed by atoms with E-state index in [-0.39, 0.29) is 5.91 Å². The second kappa shape index (κ2) is 8.45. The maximum atomic E-state index is 11.7. The number of likely N-dealkylation sites (N-methyl/N-ethyl adjacent to an activating group) is 1. The zero-order valence-corrected chi connectivity index (χ0v) is 11.7. The van der Waals surface area contributed by atoms with Gasteiger partial charge in [-0.2, -0.15) is 0 Å². The number of nitrogens with one attached hydrogen (secondary N) is 1. The van der Waals surface area contributed by atoms with E-state index in [2.05, 4.69) is 10.2 Å². The minimum absolute atomic E-state index is 0.100. The highest BCUT2D eigenvalue weighted by atomic mass is 16.5. The summed E-state index contributed by atoms with van der Waals surface area (Å²) in [5.74, 6) is 0.100. The van der Waals surface area contributed by atoms with Gasteiger partial charge in [-0.3, -0.25) is 9.69 Å². The van der Waals surface area contributed by atoms with Crippen molar-refractivity contribution in [1.82, 2.24) is 10.2 Å². The Bertz CT molecular complexity index is 240. The van der Waals surface area contributed by atoms with Crippen molar-refractivity contribution in [1.29, 1.82) is 0 Å². The van der Waals surface area contributed by atoms with Crippen LogP contribution in [-0.4, -0.2) is 56.7 Å². The summed E-state index contributed by atoms with van der Waals surface area (Å²) >= 11 is 0. The van der Waals surface area contributed by atoms with Gasteiger partial charge >= 0.3 is 0 Å². The molecule has 18 heavy (non-hydrogen) atoms. The topological polar surface area (TPSA) is 67.6 Å². The quantitative estimate of drug-likeness (QED) is 0.645. The molecular formula is C13H27N3O2. The monoisotopic (exact) mass is 257 g/mol. The van der Waals surface area contributed by atoms with Crippen LogP contribution in [0.1, 0.15) is 32.1 Å². The molecule has 1 aliphatic carbocycles. The molecule has 0 aromatic rings. The third-order valence-electron chi connectivity index (χ3n) is 3.61. The molecule has 0 bridgehead atoms. The smallest absolute Gasteiger partial charge is 0.234 e. The molecular weight excluding hydrogens is 230 g/mol. The molecule has 1 amide bonds. The van der Waals surface area contributed by atoms with Crippen LogP contribution in [0.15, 0.2) is 0 Å². The van der Waals surface area contributed by atoms with Crippen molar-refractivity contribution in [3.8, 4) is 0 Å². The highest BCUT2D eigenvalue weighted by Crippen LogP contribution is 2.20. The number of nitrogens with two attached hydrogens (primary N) is 1. The van der Waals surface area contributed by atoms with Crippen molar-refractivity contribution in [2.45, 2.75) is 44.2 Å². The summed E-state index contributed by atoms with van der Waals surface area (Å²) in [7, 11) is 3.69. The second-order valence-corrected chi connectivity index (χ2v) is 5.18. The summed E-state index contributed by atoms with van der Waals surface area (Å²) < 4.78 is 4.94. The Morgan fingerprint density at radius 3 is 2.67 bits per heavy atom. The van der Waals surface area contributed by atoms with Gasteiger partial charge < -0.3 is 15.8 Å². The number of amides is 1. The third-order valence-corrected chi connectivity index (χ3v) is 3.61. The Labute approximate surface area is 110 Å². The lowest BCUT2D eigenvalue weighted by Gasteiger charge is -2.33. The van der Waals surface area contributed by atoms with Gasteiger partial charge in [0.25, 0.3) is 0 Å². The first-order valence-corrected chi connectivity index (χ1v) is 6.85. The number of ether oxygens (including phenoxy) is 1. The Balaban J connectivity index is 2.14. The van der Waals surface area contributed by atoms with E-state index >= 15 is 0 Å². The van der Waals surface area contributed by atoms with Crippen molar-refractivity contribution in [2.75, 3.05) is 33.9 Å². The van der Waals surface area contributed by atoms with Crippen LogP contribution < -0.4 is 11.1 Å². The van der Waals surface area contributed by atoms with Crippen molar-refractivity contribution < 1.29 is 9.53 Å². The van der Waals surface area contributed by atoms with Gasteiger partial charge in [-0.25, -0.2) is 0 Å². The van der Waals surface area contributed by atoms with Gasteiger partial charge in [-0.05, 0) is 39.2 Å². The van der Waals surface area contributed by atoms with E-state index in [0.717, 1.165) is 32.1 Å². The highest BCUT2D eigenvalue weighted by molar-refractivity contribution is 5.77. The Hall–Kier alpha value is -0.650. The van der Waals surface area contributed by atoms with Gasteiger partial charge in [0.05, 0.1) is 6.54 Å². The zero-order chi connectivity index (χ0) is 13.4. The van der Waals surface area contributed by atoms with Crippen molar-refractivity contribution >= 4 is 5.91 Å². The molecule has 0 spiro atoms. The van der Waals surface area contributed by atoms with Crippen LogP contribution in [0.2, 0.25) is 0 Å². The molecule has 0 radical (unpaired) electrons. The second-order valence-electron chi connectivity index (χ2n) is 5.18. The predicted octanol–water partition coefficient (Wildman–Crippen LogP) is 0.341. The summed E-state index contributed by atoms with van der Waals surface area (Å²) in [6.07, 6.45) is 5.22. The molecule has 1 aliphatic rings. The molecule has 0 unspecified atom stereocenters. The van der Waals surface area contributed by atoms with Crippen molar-refractivity contribution in [2.24, 2.45) is 5.73 Å². The molecule has 0 aromatic carbocycles. The lowest BCUT2D eigenvalue weighted by Crippen LogP contribution is -2.43. The predicted molar refractivity (Wildman–Crippen MR) is 72.4 cm³/mol. The molecule has 3 N–H and O–H groups in total. The minimum Gasteiger partial charge on any atom is -0.385 e. The van der Waals surface area contributed by atoms with Crippen LogP contribution in [0.3, 0.4) is 0 Å². The summed E-state index contributed by atoms with van der Waals surface area (Å²) in [5, 5.41) is 2.91. The van der Waals surface area contributed by atoms with Gasteiger partial charge in [-0.15, -0.1) is 0 Å². The Kier molecular flexibility index (Phi) is 7.23. The SMILES string of the molecule is COCCCNC(=O)CN(C)C1CCC(N)CC1. The molecule has 1 saturated carbocycles. The molecule has 5 heteroatoms. The van der Waals surface area contributed by atoms with Crippen molar-refractivity contribution in [3.63, 3.8) is 0 Å². The van der Waals surface area contributed by atoms with E-state index in [1.807, 2.05) is 7.05 Å². The Morgan fingerprint density at radius 1 is 1.39 bits per heavy atom. The third kappa shape index (κ3) is 5.80. The minimum atomic E-state index is 0.100. The van der Waals surface area contributed by atoms with Gasteiger partial charge in [0.1, 0.15) is 0 Å². The fraction of sp³-hybridized carbons (Fsp3) is 0.923. The first-order valence-electron chi connectivity index (χ1n) is 6.85. The number of rotatable bonds is 7. The molecule has 106 valence electrons. The standard InChI is InChI=1S/C13H27N3O2/c1-16(12-6-4-11(14)5-7-12)10-13(17)15-8-3-9-18-2/h11-12H,3-10,14H2,1-2H3,(H,15,17). The summed E-state index contributed by atoms with van der Waals surface area (Å²) in [5.41, 5.74) is 5.88. The molecule has 5 nitrogen and oxygen atoms in total. The van der Waals surface area contributed by atoms with Gasteiger partial charge in [0.2, 0.25) is 5.91 Å². The fourth-order valence-electron chi connectivity index (χ4n) is 2.40. The van der Waals surface area contributed by atoms with Crippen LogP contribution in [0.4, 0.5) is 0 Å². The number of hydrogen-bond donors (Lipinski definition) is 2. The van der Waals surface area contributed by atoms with E-state index in [1.165, 1.54) is 0 Å². The Morgan fingerprint density at radius 2 is 2.06 bits per heavy atom. The van der Waals surface area contributed by atoms with Gasteiger partial charge in [0, 0.05) is 32.3 Å². The average molecular weight is 257 g/mol. The maximum absolute atomic E-state index is 11.7. The van der Waals surface area contributed by atoms with Crippen LogP contribution in [0.5, 0.6) is 0 Å². The summed E-state index contributed by atoms with van der Waals surface area (Å²) in [6, 6.07) is 0.868. The van der Waals surface area contributed by atoms with Crippen LogP contribution in [0.25, 0.3) is 0 Å². The van der Waals surface area contributed by atoms with Crippen LogP contribution in [-0.2, 0) is 9.53 Å². The van der Waals surface area contributed by atoms with Crippen molar-refractivity contribution in [3.05, 3.63) is 0 Å². The highest BCUT2D eigenvalue weighted by Gasteiger charge is 2.22. The number of carbonyl (C=O) groups is 1. The molecule has 0 atom stereocenters. The molecule has 0 heterocycles. The van der Waals surface area contributed by atoms with E-state index in [9.17, 15) is 4.79 Å². The number of carbonyl (C=O) groups excluding carboxylic acids is 1. The first-order chi connectivity index (χ1) is 8.63. The van der Waals surface area contributed by atoms with Gasteiger partial charge in [-0.1, -0.05) is 0 Å². The lowest BCUT2D eigenvalue weighted by atomic mass is 9.91. The molecule has 0 aliphatic heterocycles. The summed E-state index contributed by atoms with van der Waals surface area (Å²) in [6.45, 7) is 1.86. The maximum Gasteiger partial charge on any atom is 0.234 e. The van der Waals surface area contributed by atoms with Crippen LogP contribution >= 0.6 is 0 Å². The molecule has 1 fully saturated rings. The van der Waals surface area contributed by atoms with Crippen LogP contribution in [0, 0.1) is 0 Å². The lowest BCUT2D eigenvalue weighted by molar-refractivity contribution is -0.122. The van der Waals surface area contributed by atoms with E-state index in [4.69, 9.17) is 10.5 Å². The van der Waals surface area contributed by atoms with E-state index < -0.39 is 0 Å². The number of methoxy groups -OCH3 is 1. The number of nitrogens with zero attached hydrogens (tertiary/aromatic N) is 1. The average Bonchev–Trinajstić information content (AvgIpc) is 2.35. The number of hydrogen-bond acceptors (Lipinski definition) is 4. The zero-order valence-electron chi connectivity index (χ0n) is 11.7. The largest absolute Gasteiger partial charge is 0.385 e. The van der Waals surface area contributed by atoms with E-state index in [1.54, 1.807) is 7.11 Å². The molecule has 0 aromatic heterocycles.